The lowest BCUT2D eigenvalue weighted by atomic mass is 10.1. The highest BCUT2D eigenvalue weighted by Gasteiger charge is 2.19. The van der Waals surface area contributed by atoms with E-state index in [1.807, 2.05) is 30.4 Å². The zero-order valence-electron chi connectivity index (χ0n) is 44.6. The number of ether oxygens (including phenoxy) is 3. The van der Waals surface area contributed by atoms with E-state index < -0.39 is 6.10 Å². The van der Waals surface area contributed by atoms with Crippen molar-refractivity contribution in [2.45, 2.75) is 194 Å². The summed E-state index contributed by atoms with van der Waals surface area (Å²) in [7, 11) is 0. The Balaban J connectivity index is 4.70. The molecule has 0 spiro atoms. The van der Waals surface area contributed by atoms with Crippen LogP contribution in [0.25, 0.3) is 0 Å². The molecule has 392 valence electrons. The predicted molar refractivity (Wildman–Crippen MR) is 306 cm³/mol. The Morgan fingerprint density at radius 2 is 0.634 bits per heavy atom. The van der Waals surface area contributed by atoms with Crippen molar-refractivity contribution in [3.05, 3.63) is 182 Å². The summed E-state index contributed by atoms with van der Waals surface area (Å²) in [5.41, 5.74) is 0. The van der Waals surface area contributed by atoms with Gasteiger partial charge in [-0.25, -0.2) is 0 Å². The van der Waals surface area contributed by atoms with E-state index in [0.29, 0.717) is 19.3 Å². The number of carbonyl (C=O) groups excluding carboxylic acids is 3. The molecule has 0 saturated heterocycles. The Morgan fingerprint density at radius 3 is 1.01 bits per heavy atom. The minimum atomic E-state index is -0.863. The Labute approximate surface area is 434 Å². The summed E-state index contributed by atoms with van der Waals surface area (Å²) < 4.78 is 16.7. The molecule has 0 aromatic heterocycles. The number of rotatable bonds is 46. The Morgan fingerprint density at radius 1 is 0.310 bits per heavy atom. The van der Waals surface area contributed by atoms with Crippen LogP contribution in [0.3, 0.4) is 0 Å². The van der Waals surface area contributed by atoms with Gasteiger partial charge in [-0.05, 0) is 116 Å². The van der Waals surface area contributed by atoms with Crippen molar-refractivity contribution < 1.29 is 28.6 Å². The van der Waals surface area contributed by atoms with Crippen LogP contribution in [0.4, 0.5) is 0 Å². The van der Waals surface area contributed by atoms with Crippen LogP contribution in [-0.2, 0) is 28.6 Å². The molecule has 0 heterocycles. The molecule has 1 atom stereocenters. The summed E-state index contributed by atoms with van der Waals surface area (Å²) in [5.74, 6) is -1.16. The SMILES string of the molecule is CC/C=C\C/C=C\C/C=C\C/C=C\C/C=C\C/C=C\CCC(=O)OCC(COC(=O)CC/C=C\C/C=C\C/C=C\C/C=C\C/C=C\CC)OC(=O)CCCCCCC\C=C/C=C\C=C/C=C\CCCCC. The largest absolute Gasteiger partial charge is 0.462 e. The van der Waals surface area contributed by atoms with Crippen LogP contribution >= 0.6 is 0 Å². The zero-order chi connectivity index (χ0) is 51.4. The second-order valence-electron chi connectivity index (χ2n) is 17.1. The molecule has 0 saturated carbocycles. The van der Waals surface area contributed by atoms with Gasteiger partial charge in [0.2, 0.25) is 0 Å². The number of hydrogen-bond donors (Lipinski definition) is 0. The fourth-order valence-corrected chi connectivity index (χ4v) is 6.47. The maximum Gasteiger partial charge on any atom is 0.306 e. The van der Waals surface area contributed by atoms with Gasteiger partial charge in [-0.2, -0.15) is 0 Å². The third-order valence-electron chi connectivity index (χ3n) is 10.5. The van der Waals surface area contributed by atoms with Crippen LogP contribution in [0.5, 0.6) is 0 Å². The second kappa shape index (κ2) is 57.1. The maximum absolute atomic E-state index is 12.8. The molecule has 0 radical (unpaired) electrons. The van der Waals surface area contributed by atoms with E-state index in [1.54, 1.807) is 0 Å². The molecule has 71 heavy (non-hydrogen) atoms. The van der Waals surface area contributed by atoms with Gasteiger partial charge >= 0.3 is 17.9 Å². The lowest BCUT2D eigenvalue weighted by Gasteiger charge is -2.18. The molecule has 1 unspecified atom stereocenters. The van der Waals surface area contributed by atoms with Gasteiger partial charge in [-0.1, -0.05) is 235 Å². The van der Waals surface area contributed by atoms with Crippen molar-refractivity contribution in [3.8, 4) is 0 Å². The third-order valence-corrected chi connectivity index (χ3v) is 10.5. The first kappa shape index (κ1) is 65.5. The average molecular weight is 973 g/mol. The molecule has 6 heteroatoms. The molecule has 0 rings (SSSR count). The van der Waals surface area contributed by atoms with Crippen molar-refractivity contribution >= 4 is 17.9 Å². The first-order valence-electron chi connectivity index (χ1n) is 27.3. The molecule has 6 nitrogen and oxygen atoms in total. The number of hydrogen-bond acceptors (Lipinski definition) is 6. The summed E-state index contributed by atoms with van der Waals surface area (Å²) in [6.07, 6.45) is 86.1. The smallest absolute Gasteiger partial charge is 0.306 e. The number of carbonyl (C=O) groups is 3. The van der Waals surface area contributed by atoms with Crippen LogP contribution in [-0.4, -0.2) is 37.2 Å². The van der Waals surface area contributed by atoms with E-state index >= 15 is 0 Å². The average Bonchev–Trinajstić information content (AvgIpc) is 3.37. The topological polar surface area (TPSA) is 78.9 Å². The van der Waals surface area contributed by atoms with Crippen LogP contribution < -0.4 is 0 Å². The standard InChI is InChI=1S/C65H96O6/c1-4-7-10-13-16-19-22-25-28-31-33-35-37-40-43-46-49-52-55-58-64(67)70-61-62(60-69-63(66)57-54-51-48-45-42-39-36-30-27-24-21-18-15-12-9-6-3)71-65(68)59-56-53-50-47-44-41-38-34-32-29-26-23-20-17-14-11-8-5-2/h7,9-10,12,16-21,23,25-30,32-35,38-40,42-43,48-49,51-52,62H,4-6,8,11,13-15,22,24,31,36-37,41,44-47,50,53-61H2,1-3H3/b10-7-,12-9-,19-16-,20-17-,21-18-,26-23-,28-25-,30-27-,32-29-,35-33-,38-34-,42-39-,43-40-,51-48-,52-49-. The monoisotopic (exact) mass is 973 g/mol. The minimum absolute atomic E-state index is 0.161. The molecule has 0 bridgehead atoms. The van der Waals surface area contributed by atoms with E-state index in [0.717, 1.165) is 109 Å². The lowest BCUT2D eigenvalue weighted by molar-refractivity contribution is -0.166. The van der Waals surface area contributed by atoms with Crippen molar-refractivity contribution in [3.63, 3.8) is 0 Å². The molecule has 0 aliphatic heterocycles. The number of esters is 3. The van der Waals surface area contributed by atoms with Crippen molar-refractivity contribution in [1.29, 1.82) is 0 Å². The van der Waals surface area contributed by atoms with Gasteiger partial charge in [-0.15, -0.1) is 0 Å². The minimum Gasteiger partial charge on any atom is -0.462 e. The molecule has 0 fully saturated rings. The van der Waals surface area contributed by atoms with E-state index in [4.69, 9.17) is 14.2 Å². The highest BCUT2D eigenvalue weighted by Crippen LogP contribution is 2.11. The van der Waals surface area contributed by atoms with Crippen molar-refractivity contribution in [1.82, 2.24) is 0 Å². The van der Waals surface area contributed by atoms with Crippen LogP contribution in [0.15, 0.2) is 182 Å². The summed E-state index contributed by atoms with van der Waals surface area (Å²) >= 11 is 0. The zero-order valence-corrected chi connectivity index (χ0v) is 44.6. The first-order valence-corrected chi connectivity index (χ1v) is 27.3. The van der Waals surface area contributed by atoms with Gasteiger partial charge in [0, 0.05) is 19.3 Å². The Bertz CT molecular complexity index is 1730. The van der Waals surface area contributed by atoms with Gasteiger partial charge in [0.05, 0.1) is 0 Å². The summed E-state index contributed by atoms with van der Waals surface area (Å²) in [4.78, 5) is 38.1. The van der Waals surface area contributed by atoms with Gasteiger partial charge < -0.3 is 14.2 Å². The number of unbranched alkanes of at least 4 members (excludes halogenated alkanes) is 8. The Kier molecular flexibility index (Phi) is 52.7. The molecule has 0 aromatic rings. The number of allylic oxidation sites excluding steroid dienone is 30. The van der Waals surface area contributed by atoms with Crippen LogP contribution in [0.2, 0.25) is 0 Å². The van der Waals surface area contributed by atoms with E-state index in [2.05, 4.69) is 173 Å². The maximum atomic E-state index is 12.8. The van der Waals surface area contributed by atoms with Gasteiger partial charge in [0.25, 0.3) is 0 Å². The molecule has 0 aliphatic rings. The summed E-state index contributed by atoms with van der Waals surface area (Å²) in [6, 6.07) is 0. The summed E-state index contributed by atoms with van der Waals surface area (Å²) in [5, 5.41) is 0. The lowest BCUT2D eigenvalue weighted by Crippen LogP contribution is -2.30. The van der Waals surface area contributed by atoms with Crippen molar-refractivity contribution in [2.24, 2.45) is 0 Å². The molecule has 0 aliphatic carbocycles. The van der Waals surface area contributed by atoms with Crippen LogP contribution in [0, 0.1) is 0 Å². The van der Waals surface area contributed by atoms with Gasteiger partial charge in [0.15, 0.2) is 6.10 Å². The Hall–Kier alpha value is -5.49. The van der Waals surface area contributed by atoms with Crippen molar-refractivity contribution in [2.75, 3.05) is 13.2 Å². The predicted octanol–water partition coefficient (Wildman–Crippen LogP) is 18.5. The second-order valence-corrected chi connectivity index (χ2v) is 17.1. The fraction of sp³-hybridized carbons (Fsp3) is 0.492. The van der Waals surface area contributed by atoms with Crippen LogP contribution in [0.1, 0.15) is 188 Å². The third kappa shape index (κ3) is 55.3. The molecule has 0 N–H and O–H groups in total. The van der Waals surface area contributed by atoms with E-state index in [-0.39, 0.29) is 50.4 Å². The highest BCUT2D eigenvalue weighted by atomic mass is 16.6. The summed E-state index contributed by atoms with van der Waals surface area (Å²) in [6.45, 7) is 6.19. The van der Waals surface area contributed by atoms with Gasteiger partial charge in [0.1, 0.15) is 13.2 Å². The van der Waals surface area contributed by atoms with Gasteiger partial charge in [-0.3, -0.25) is 14.4 Å². The molecule has 0 amide bonds. The first-order chi connectivity index (χ1) is 35.0. The van der Waals surface area contributed by atoms with E-state index in [1.165, 1.54) is 19.3 Å². The normalized spacial score (nSPS) is 13.6. The fourth-order valence-electron chi connectivity index (χ4n) is 6.47. The molecule has 0 aromatic carbocycles. The molecular formula is C65H96O6. The van der Waals surface area contributed by atoms with E-state index in [9.17, 15) is 14.4 Å². The molecular weight excluding hydrogens is 877 g/mol. The highest BCUT2D eigenvalue weighted by molar-refractivity contribution is 5.71. The quantitative estimate of drug-likeness (QED) is 0.0199.